The van der Waals surface area contributed by atoms with Crippen LogP contribution >= 0.6 is 0 Å². The summed E-state index contributed by atoms with van der Waals surface area (Å²) in [7, 11) is 6.15. The molecule has 2 aromatic carbocycles. The normalized spacial score (nSPS) is 37.0. The third kappa shape index (κ3) is 5.20. The highest BCUT2D eigenvalue weighted by atomic mass is 16.6. The Hall–Kier alpha value is -4.43. The molecule has 2 saturated heterocycles. The van der Waals surface area contributed by atoms with Crippen molar-refractivity contribution in [3.05, 3.63) is 70.9 Å². The number of benzene rings is 2. The number of nitrogens with one attached hydrogen (secondary N) is 1. The number of hydrogen-bond acceptors (Lipinski definition) is 12. The number of methoxy groups -OCH3 is 3. The van der Waals surface area contributed by atoms with Crippen LogP contribution in [0.2, 0.25) is 0 Å². The minimum Gasteiger partial charge on any atom is -0.496 e. The molecule has 2 bridgehead atoms. The topological polar surface area (TPSA) is 154 Å². The van der Waals surface area contributed by atoms with Crippen LogP contribution in [0.15, 0.2) is 48.6 Å². The average molecular weight is 811 g/mol. The van der Waals surface area contributed by atoms with Crippen LogP contribution in [0.1, 0.15) is 75.3 Å². The number of rotatable bonds is 7. The molecule has 59 heavy (non-hydrogen) atoms. The Bertz CT molecular complexity index is 2260. The number of para-hydroxylation sites is 1. The predicted molar refractivity (Wildman–Crippen MR) is 220 cm³/mol. The van der Waals surface area contributed by atoms with E-state index in [1.165, 1.54) is 21.1 Å². The first-order valence-corrected chi connectivity index (χ1v) is 21.2. The van der Waals surface area contributed by atoms with Crippen LogP contribution in [-0.2, 0) is 45.8 Å². The molecule has 13 nitrogen and oxygen atoms in total. The van der Waals surface area contributed by atoms with Gasteiger partial charge in [-0.1, -0.05) is 44.2 Å². The molecular weight excluding hydrogens is 753 g/mol. The molecule has 13 heteroatoms. The second kappa shape index (κ2) is 13.8. The number of esters is 3. The van der Waals surface area contributed by atoms with Crippen molar-refractivity contribution < 1.29 is 43.5 Å². The van der Waals surface area contributed by atoms with Crippen molar-refractivity contribution >= 4 is 34.5 Å². The van der Waals surface area contributed by atoms with Crippen LogP contribution in [0, 0.1) is 11.3 Å². The van der Waals surface area contributed by atoms with E-state index in [4.69, 9.17) is 18.9 Å². The van der Waals surface area contributed by atoms with Gasteiger partial charge in [-0.15, -0.1) is 0 Å². The summed E-state index contributed by atoms with van der Waals surface area (Å²) in [5, 5.41) is 26.3. The number of H-pyrrole nitrogens is 1. The summed E-state index contributed by atoms with van der Waals surface area (Å²) in [4.78, 5) is 53.2. The number of piperidine rings is 1. The maximum Gasteiger partial charge on any atom is 0.344 e. The molecule has 1 aliphatic carbocycles. The molecule has 5 aliphatic heterocycles. The maximum absolute atomic E-state index is 15.3. The van der Waals surface area contributed by atoms with Gasteiger partial charge in [-0.3, -0.25) is 19.4 Å². The highest BCUT2D eigenvalue weighted by molar-refractivity contribution is 5.95. The fraction of sp³-hybridized carbons (Fsp3) is 0.587. The minimum atomic E-state index is -2.30. The zero-order valence-electron chi connectivity index (χ0n) is 35.3. The molecule has 9 rings (SSSR count). The van der Waals surface area contributed by atoms with Crippen molar-refractivity contribution in [1.29, 1.82) is 0 Å². The summed E-state index contributed by atoms with van der Waals surface area (Å²) < 4.78 is 23.9. The molecule has 3 unspecified atom stereocenters. The van der Waals surface area contributed by atoms with Crippen LogP contribution in [0.5, 0.6) is 5.75 Å². The number of carbonyl (C=O) groups excluding carboxylic acids is 3. The van der Waals surface area contributed by atoms with Gasteiger partial charge in [0.15, 0.2) is 6.10 Å². The Balaban J connectivity index is 1.36. The van der Waals surface area contributed by atoms with Gasteiger partial charge in [0.2, 0.25) is 5.60 Å². The van der Waals surface area contributed by atoms with Gasteiger partial charge < -0.3 is 39.0 Å². The minimum absolute atomic E-state index is 0.0986. The molecule has 1 saturated carbocycles. The molecule has 6 aliphatic rings. The lowest BCUT2D eigenvalue weighted by Crippen LogP contribution is -2.81. The molecule has 10 atom stereocenters. The summed E-state index contributed by atoms with van der Waals surface area (Å²) in [6, 6.07) is 11.0. The summed E-state index contributed by atoms with van der Waals surface area (Å²) >= 11 is 0. The fourth-order valence-electron chi connectivity index (χ4n) is 13.5. The van der Waals surface area contributed by atoms with Crippen molar-refractivity contribution in [2.24, 2.45) is 11.3 Å². The van der Waals surface area contributed by atoms with Gasteiger partial charge >= 0.3 is 17.9 Å². The second-order valence-electron chi connectivity index (χ2n) is 18.2. The Labute approximate surface area is 345 Å². The van der Waals surface area contributed by atoms with E-state index in [9.17, 15) is 19.8 Å². The van der Waals surface area contributed by atoms with E-state index in [0.717, 1.165) is 33.4 Å². The Morgan fingerprint density at radius 1 is 0.949 bits per heavy atom. The first kappa shape index (κ1) is 40.0. The number of aliphatic hydroxyl groups is 2. The highest BCUT2D eigenvalue weighted by Gasteiger charge is 2.80. The van der Waals surface area contributed by atoms with E-state index in [0.29, 0.717) is 82.6 Å². The smallest absolute Gasteiger partial charge is 0.344 e. The molecule has 316 valence electrons. The number of carbonyl (C=O) groups is 3. The zero-order valence-corrected chi connectivity index (χ0v) is 35.3. The van der Waals surface area contributed by atoms with Crippen LogP contribution in [0.25, 0.3) is 10.9 Å². The summed E-state index contributed by atoms with van der Waals surface area (Å²) in [5.41, 5.74) is -1.62. The van der Waals surface area contributed by atoms with E-state index in [1.54, 1.807) is 7.11 Å². The van der Waals surface area contributed by atoms with Crippen molar-refractivity contribution in [3.63, 3.8) is 0 Å². The van der Waals surface area contributed by atoms with E-state index in [1.807, 2.05) is 50.1 Å². The monoisotopic (exact) mass is 810 g/mol. The highest BCUT2D eigenvalue weighted by Crippen LogP contribution is 2.68. The fourth-order valence-corrected chi connectivity index (χ4v) is 13.5. The van der Waals surface area contributed by atoms with E-state index in [2.05, 4.69) is 39.1 Å². The second-order valence-corrected chi connectivity index (χ2v) is 18.2. The quantitative estimate of drug-likeness (QED) is 0.180. The van der Waals surface area contributed by atoms with Crippen LogP contribution in [-0.4, -0.2) is 133 Å². The van der Waals surface area contributed by atoms with Crippen molar-refractivity contribution in [2.75, 3.05) is 66.0 Å². The van der Waals surface area contributed by atoms with Crippen molar-refractivity contribution in [3.8, 4) is 5.75 Å². The lowest BCUT2D eigenvalue weighted by molar-refractivity contribution is -0.228. The number of hydrogen-bond donors (Lipinski definition) is 3. The predicted octanol–water partition coefficient (Wildman–Crippen LogP) is 3.99. The molecule has 1 spiro atoms. The molecule has 3 fully saturated rings. The van der Waals surface area contributed by atoms with Gasteiger partial charge in [0.1, 0.15) is 11.2 Å². The van der Waals surface area contributed by atoms with Crippen molar-refractivity contribution in [2.45, 2.75) is 99.5 Å². The number of fused-ring (bicyclic) bond motifs is 6. The number of aromatic amines is 1. The van der Waals surface area contributed by atoms with E-state index >= 15 is 4.79 Å². The zero-order chi connectivity index (χ0) is 41.9. The van der Waals surface area contributed by atoms with Crippen LogP contribution < -0.4 is 9.64 Å². The van der Waals surface area contributed by atoms with Gasteiger partial charge in [0.05, 0.1) is 33.0 Å². The number of anilines is 1. The van der Waals surface area contributed by atoms with Gasteiger partial charge in [0, 0.05) is 90.9 Å². The number of likely N-dealkylation sites (N-methyl/N-ethyl adjacent to an activating group) is 1. The van der Waals surface area contributed by atoms with E-state index < -0.39 is 57.5 Å². The molecule has 3 aromatic rings. The molecule has 0 radical (unpaired) electrons. The SMILES string of the molecule is CC[C@]1(O)C[C@@H]2CN(CCc3c([nH]c4ccccc34)[C@@](C(=O)OC)(c3cc4c(cc3OC)N(C)[C@H]3C(O)(C(=O)OC)[C@H](OC(C)=O)[C@]5(CC)C=CCN6CCC43[C@@H]65)C2)C1. The van der Waals surface area contributed by atoms with Crippen molar-refractivity contribution in [1.82, 2.24) is 14.8 Å². The average Bonchev–Trinajstić information content (AvgIpc) is 3.90. The van der Waals surface area contributed by atoms with E-state index in [-0.39, 0.29) is 12.0 Å². The summed E-state index contributed by atoms with van der Waals surface area (Å²) in [5.74, 6) is -1.56. The molecule has 0 amide bonds. The number of ether oxygens (including phenoxy) is 4. The Morgan fingerprint density at radius 2 is 1.71 bits per heavy atom. The molecular formula is C46H58N4O9. The first-order valence-electron chi connectivity index (χ1n) is 21.2. The van der Waals surface area contributed by atoms with Gasteiger partial charge in [-0.2, -0.15) is 0 Å². The Morgan fingerprint density at radius 3 is 2.41 bits per heavy atom. The standard InChI is InChI=1S/C46H58N4O9/c1-8-42(54)23-28-24-45(40(52)57-6,36-30(15-19-49(25-28)26-42)29-13-10-11-14-33(29)47-36)32-21-31-34(22-35(32)56-5)48(4)38-44(31)17-20-50-18-12-16-43(9-2,37(44)50)39(59-27(3)51)46(38,55)41(53)58-7/h10-14,16,21-22,28,37-39,47,54-55H,8-9,15,17-20,23-26H2,1-7H3/t28-,37-,38+,39+,42-,43+,44?,45-,46?/m0/s1. The van der Waals surface area contributed by atoms with Gasteiger partial charge in [-0.05, 0) is 74.2 Å². The lowest BCUT2D eigenvalue weighted by Gasteiger charge is -2.63. The first-order chi connectivity index (χ1) is 28.2. The third-order valence-electron chi connectivity index (χ3n) is 15.6. The maximum atomic E-state index is 15.3. The molecule has 3 N–H and O–H groups in total. The lowest BCUT2D eigenvalue weighted by atomic mass is 9.47. The molecule has 1 aromatic heterocycles. The largest absolute Gasteiger partial charge is 0.496 e. The van der Waals surface area contributed by atoms with Gasteiger partial charge in [0.25, 0.3) is 0 Å². The Kier molecular flexibility index (Phi) is 9.36. The third-order valence-corrected chi connectivity index (χ3v) is 15.6. The number of nitrogens with zero attached hydrogens (tertiary/aromatic N) is 3. The number of aromatic nitrogens is 1. The van der Waals surface area contributed by atoms with Crippen LogP contribution in [0.4, 0.5) is 5.69 Å². The van der Waals surface area contributed by atoms with Crippen LogP contribution in [0.3, 0.4) is 0 Å². The summed E-state index contributed by atoms with van der Waals surface area (Å²) in [6.45, 7) is 8.62. The molecule has 6 heterocycles. The summed E-state index contributed by atoms with van der Waals surface area (Å²) in [6.07, 6.45) is 5.94. The van der Waals surface area contributed by atoms with Gasteiger partial charge in [-0.25, -0.2) is 4.79 Å².